The summed E-state index contributed by atoms with van der Waals surface area (Å²) in [5.74, 6) is -0.895. The van der Waals surface area contributed by atoms with Gasteiger partial charge in [-0.25, -0.2) is 19.3 Å². The Hall–Kier alpha value is -3.35. The van der Waals surface area contributed by atoms with Crippen LogP contribution in [0.1, 0.15) is 0 Å². The van der Waals surface area contributed by atoms with E-state index in [0.717, 1.165) is 0 Å². The van der Waals surface area contributed by atoms with E-state index in [1.807, 2.05) is 23.1 Å². The van der Waals surface area contributed by atoms with E-state index in [4.69, 9.17) is 0 Å². The summed E-state index contributed by atoms with van der Waals surface area (Å²) in [4.78, 5) is 37.4. The van der Waals surface area contributed by atoms with Crippen LogP contribution >= 0.6 is 0 Å². The van der Waals surface area contributed by atoms with Crippen LogP contribution in [0, 0.1) is 17.7 Å². The topological polar surface area (TPSA) is 66.4 Å². The number of hydrogen-bond acceptors (Lipinski definition) is 5. The molecular weight excluding hydrogens is 347 g/mol. The van der Waals surface area contributed by atoms with Gasteiger partial charge in [0, 0.05) is 24.5 Å². The van der Waals surface area contributed by atoms with Gasteiger partial charge < -0.3 is 4.90 Å². The van der Waals surface area contributed by atoms with Crippen molar-refractivity contribution in [3.8, 4) is 0 Å². The molecule has 2 aliphatic rings. The third-order valence-corrected chi connectivity index (χ3v) is 5.29. The summed E-state index contributed by atoms with van der Waals surface area (Å²) in [6.07, 6.45) is 1.38. The molecule has 3 heterocycles. The van der Waals surface area contributed by atoms with Crippen molar-refractivity contribution in [2.45, 2.75) is 0 Å². The Morgan fingerprint density at radius 3 is 2.33 bits per heavy atom. The number of nitrogens with zero attached hydrogens (tertiary/aromatic N) is 4. The summed E-state index contributed by atoms with van der Waals surface area (Å²) < 4.78 is 13.5. The molecule has 7 heteroatoms. The molecule has 0 aliphatic carbocycles. The van der Waals surface area contributed by atoms with Crippen LogP contribution in [0.5, 0.6) is 0 Å². The monoisotopic (exact) mass is 362 g/mol. The molecule has 134 valence electrons. The fraction of sp³-hybridized carbons (Fsp3) is 0.200. The maximum Gasteiger partial charge on any atom is 0.239 e. The lowest BCUT2D eigenvalue weighted by molar-refractivity contribution is -0.122. The highest BCUT2D eigenvalue weighted by atomic mass is 19.1. The SMILES string of the molecule is O=C1C2CN(c3ncnc4cc(F)ccc34)CC2C(=O)N1c1ccccc1. The predicted octanol–water partition coefficient (Wildman–Crippen LogP) is 2.39. The van der Waals surface area contributed by atoms with Crippen molar-refractivity contribution in [3.63, 3.8) is 0 Å². The van der Waals surface area contributed by atoms with Gasteiger partial charge in [-0.15, -0.1) is 0 Å². The van der Waals surface area contributed by atoms with E-state index < -0.39 is 11.8 Å². The zero-order valence-electron chi connectivity index (χ0n) is 14.2. The molecule has 2 amide bonds. The van der Waals surface area contributed by atoms with Crippen LogP contribution in [0.3, 0.4) is 0 Å². The number of imide groups is 1. The van der Waals surface area contributed by atoms with Crippen LogP contribution in [0.25, 0.3) is 10.9 Å². The minimum absolute atomic E-state index is 0.178. The fourth-order valence-corrected chi connectivity index (χ4v) is 4.02. The third kappa shape index (κ3) is 2.38. The normalized spacial score (nSPS) is 22.0. The van der Waals surface area contributed by atoms with Gasteiger partial charge in [0.15, 0.2) is 0 Å². The van der Waals surface area contributed by atoms with Gasteiger partial charge in [0.2, 0.25) is 11.8 Å². The summed E-state index contributed by atoms with van der Waals surface area (Å²) >= 11 is 0. The van der Waals surface area contributed by atoms with Crippen molar-refractivity contribution in [2.75, 3.05) is 22.9 Å². The molecule has 3 aromatic rings. The lowest BCUT2D eigenvalue weighted by Gasteiger charge is -2.22. The Labute approximate surface area is 154 Å². The smallest absolute Gasteiger partial charge is 0.239 e. The number of anilines is 2. The molecule has 2 aliphatic heterocycles. The lowest BCUT2D eigenvalue weighted by Crippen LogP contribution is -2.36. The molecule has 2 unspecified atom stereocenters. The Bertz CT molecular complexity index is 1050. The first-order valence-corrected chi connectivity index (χ1v) is 8.71. The van der Waals surface area contributed by atoms with Gasteiger partial charge >= 0.3 is 0 Å². The summed E-state index contributed by atoms with van der Waals surface area (Å²) in [5, 5.41) is 0.707. The Balaban J connectivity index is 1.47. The van der Waals surface area contributed by atoms with Gasteiger partial charge in [0.05, 0.1) is 23.0 Å². The van der Waals surface area contributed by atoms with Crippen molar-refractivity contribution in [2.24, 2.45) is 11.8 Å². The third-order valence-electron chi connectivity index (χ3n) is 5.29. The molecule has 0 N–H and O–H groups in total. The molecule has 2 atom stereocenters. The Kier molecular flexibility index (Phi) is 3.43. The number of halogens is 1. The first-order valence-electron chi connectivity index (χ1n) is 8.71. The molecule has 0 bridgehead atoms. The quantitative estimate of drug-likeness (QED) is 0.655. The molecule has 2 saturated heterocycles. The molecule has 27 heavy (non-hydrogen) atoms. The maximum atomic E-state index is 13.5. The second kappa shape index (κ2) is 5.84. The summed E-state index contributed by atoms with van der Waals surface area (Å²) in [5.41, 5.74) is 1.11. The van der Waals surface area contributed by atoms with Gasteiger partial charge in [-0.05, 0) is 24.3 Å². The molecule has 6 nitrogen and oxygen atoms in total. The van der Waals surface area contributed by atoms with Gasteiger partial charge in [0.25, 0.3) is 0 Å². The zero-order chi connectivity index (χ0) is 18.5. The number of para-hydroxylation sites is 1. The number of aromatic nitrogens is 2. The van der Waals surface area contributed by atoms with Gasteiger partial charge in [0.1, 0.15) is 18.0 Å². The Morgan fingerprint density at radius 2 is 1.63 bits per heavy atom. The van der Waals surface area contributed by atoms with Crippen molar-refractivity contribution in [1.82, 2.24) is 9.97 Å². The standard InChI is InChI=1S/C20H15FN4O2/c21-12-6-7-14-17(8-12)22-11-23-18(14)24-9-15-16(10-24)20(27)25(19(15)26)13-4-2-1-3-5-13/h1-8,11,15-16H,9-10H2. The predicted molar refractivity (Wildman–Crippen MR) is 97.6 cm³/mol. The number of carbonyl (C=O) groups is 2. The molecule has 1 aromatic heterocycles. The highest BCUT2D eigenvalue weighted by Gasteiger charge is 2.53. The molecule has 5 rings (SSSR count). The van der Waals surface area contributed by atoms with E-state index >= 15 is 0 Å². The Morgan fingerprint density at radius 1 is 0.926 bits per heavy atom. The van der Waals surface area contributed by atoms with Crippen LogP contribution in [0.2, 0.25) is 0 Å². The van der Waals surface area contributed by atoms with E-state index in [0.29, 0.717) is 35.5 Å². The maximum absolute atomic E-state index is 13.5. The van der Waals surface area contributed by atoms with Gasteiger partial charge in [-0.2, -0.15) is 0 Å². The van der Waals surface area contributed by atoms with E-state index in [1.54, 1.807) is 18.2 Å². The average molecular weight is 362 g/mol. The van der Waals surface area contributed by atoms with Crippen LogP contribution in [-0.4, -0.2) is 34.9 Å². The van der Waals surface area contributed by atoms with Crippen LogP contribution in [-0.2, 0) is 9.59 Å². The van der Waals surface area contributed by atoms with E-state index in [9.17, 15) is 14.0 Å². The second-order valence-electron chi connectivity index (χ2n) is 6.82. The minimum atomic E-state index is -0.400. The van der Waals surface area contributed by atoms with E-state index in [1.165, 1.54) is 23.4 Å². The highest BCUT2D eigenvalue weighted by molar-refractivity contribution is 6.22. The summed E-state index contributed by atoms with van der Waals surface area (Å²) in [6.45, 7) is 0.810. The molecule has 0 radical (unpaired) electrons. The van der Waals surface area contributed by atoms with Crippen molar-refractivity contribution in [1.29, 1.82) is 0 Å². The summed E-state index contributed by atoms with van der Waals surface area (Å²) in [6, 6.07) is 13.3. The minimum Gasteiger partial charge on any atom is -0.354 e. The number of fused-ring (bicyclic) bond motifs is 2. The van der Waals surface area contributed by atoms with Crippen molar-refractivity contribution < 1.29 is 14.0 Å². The summed E-state index contributed by atoms with van der Waals surface area (Å²) in [7, 11) is 0. The molecule has 0 spiro atoms. The number of hydrogen-bond donors (Lipinski definition) is 0. The number of rotatable bonds is 2. The van der Waals surface area contributed by atoms with Crippen molar-refractivity contribution in [3.05, 3.63) is 60.7 Å². The largest absolute Gasteiger partial charge is 0.354 e. The first-order chi connectivity index (χ1) is 13.1. The molecule has 0 saturated carbocycles. The first kappa shape index (κ1) is 15.9. The van der Waals surface area contributed by atoms with Crippen LogP contribution in [0.4, 0.5) is 15.9 Å². The molecule has 2 aromatic carbocycles. The number of amides is 2. The number of carbonyl (C=O) groups excluding carboxylic acids is 2. The molecule has 2 fully saturated rings. The average Bonchev–Trinajstić information content (AvgIpc) is 3.21. The highest BCUT2D eigenvalue weighted by Crippen LogP contribution is 2.38. The van der Waals surface area contributed by atoms with E-state index in [-0.39, 0.29) is 17.6 Å². The van der Waals surface area contributed by atoms with E-state index in [2.05, 4.69) is 9.97 Å². The lowest BCUT2D eigenvalue weighted by atomic mass is 10.00. The van der Waals surface area contributed by atoms with Crippen LogP contribution < -0.4 is 9.80 Å². The number of benzene rings is 2. The fourth-order valence-electron chi connectivity index (χ4n) is 4.02. The van der Waals surface area contributed by atoms with Gasteiger partial charge in [-0.3, -0.25) is 9.59 Å². The zero-order valence-corrected chi connectivity index (χ0v) is 14.2. The molecular formula is C20H15FN4O2. The van der Waals surface area contributed by atoms with Crippen molar-refractivity contribution >= 4 is 34.2 Å². The van der Waals surface area contributed by atoms with Crippen LogP contribution in [0.15, 0.2) is 54.9 Å². The second-order valence-corrected chi connectivity index (χ2v) is 6.82. The van der Waals surface area contributed by atoms with Gasteiger partial charge in [-0.1, -0.05) is 18.2 Å².